The molecule has 0 fully saturated rings. The molecule has 4 nitrogen and oxygen atoms in total. The van der Waals surface area contributed by atoms with Crippen molar-refractivity contribution in [1.82, 2.24) is 4.90 Å². The summed E-state index contributed by atoms with van der Waals surface area (Å²) in [6.07, 6.45) is 7.98. The van der Waals surface area contributed by atoms with Gasteiger partial charge in [-0.25, -0.2) is 0 Å². The summed E-state index contributed by atoms with van der Waals surface area (Å²) in [7, 11) is 3.45. The third-order valence-electron chi connectivity index (χ3n) is 1.92. The van der Waals surface area contributed by atoms with E-state index in [0.717, 1.165) is 6.42 Å². The molecule has 1 aliphatic heterocycles. The van der Waals surface area contributed by atoms with E-state index in [4.69, 9.17) is 5.11 Å². The highest BCUT2D eigenvalue weighted by Crippen LogP contribution is 2.12. The second-order valence-corrected chi connectivity index (χ2v) is 3.27. The van der Waals surface area contributed by atoms with Gasteiger partial charge in [0.05, 0.1) is 5.70 Å². The number of rotatable bonds is 3. The minimum atomic E-state index is -0.881. The third-order valence-corrected chi connectivity index (χ3v) is 1.92. The Morgan fingerprint density at radius 2 is 2.36 bits per heavy atom. The van der Waals surface area contributed by atoms with Gasteiger partial charge in [0.2, 0.25) is 0 Å². The molecule has 0 aliphatic carbocycles. The highest BCUT2D eigenvalue weighted by molar-refractivity contribution is 5.78. The Balaban J connectivity index is 2.92. The molecule has 0 bridgehead atoms. The first-order valence-electron chi connectivity index (χ1n) is 4.41. The zero-order chi connectivity index (χ0) is 10.6. The van der Waals surface area contributed by atoms with Gasteiger partial charge < -0.3 is 5.11 Å². The van der Waals surface area contributed by atoms with Crippen LogP contribution in [0.25, 0.3) is 0 Å². The Labute approximate surface area is 83.2 Å². The van der Waals surface area contributed by atoms with Crippen LogP contribution in [0.1, 0.15) is 6.42 Å². The van der Waals surface area contributed by atoms with Crippen LogP contribution in [0.3, 0.4) is 0 Å². The van der Waals surface area contributed by atoms with Crippen molar-refractivity contribution < 1.29 is 9.90 Å². The Kier molecular flexibility index (Phi) is 3.59. The Hall–Kier alpha value is -1.42. The van der Waals surface area contributed by atoms with E-state index >= 15 is 0 Å². The van der Waals surface area contributed by atoms with Crippen molar-refractivity contribution in [2.45, 2.75) is 12.5 Å². The van der Waals surface area contributed by atoms with Crippen LogP contribution in [0.2, 0.25) is 0 Å². The number of carboxylic acids is 1. The second-order valence-electron chi connectivity index (χ2n) is 3.27. The lowest BCUT2D eigenvalue weighted by molar-refractivity contribution is -0.140. The van der Waals surface area contributed by atoms with Crippen molar-refractivity contribution in [2.24, 2.45) is 4.99 Å². The van der Waals surface area contributed by atoms with E-state index in [1.807, 2.05) is 12.2 Å². The fourth-order valence-corrected chi connectivity index (χ4v) is 1.28. The standard InChI is InChI=1S/C10H14N2O2/c1-12(2)9(10(13)14)8-6-4-3-5-7-11-8/h3-4,6-7,9H,5H2,1-2H3,(H,13,14). The fraction of sp³-hybridized carbons (Fsp3) is 0.400. The first kappa shape index (κ1) is 10.7. The van der Waals surface area contributed by atoms with Gasteiger partial charge in [-0.05, 0) is 20.2 Å². The maximum Gasteiger partial charge on any atom is 0.327 e. The number of nitrogens with zero attached hydrogens (tertiary/aromatic N) is 2. The normalized spacial score (nSPS) is 17.8. The van der Waals surface area contributed by atoms with Crippen LogP contribution in [0.4, 0.5) is 0 Å². The first-order valence-corrected chi connectivity index (χ1v) is 4.41. The summed E-state index contributed by atoms with van der Waals surface area (Å²) in [5.74, 6) is -0.881. The molecular formula is C10H14N2O2. The van der Waals surface area contributed by atoms with Crippen LogP contribution in [0, 0.1) is 0 Å². The van der Waals surface area contributed by atoms with Gasteiger partial charge in [0, 0.05) is 12.6 Å². The molecule has 1 atom stereocenters. The molecule has 0 aromatic heterocycles. The van der Waals surface area contributed by atoms with E-state index in [2.05, 4.69) is 4.99 Å². The molecule has 1 rings (SSSR count). The predicted molar refractivity (Wildman–Crippen MR) is 55.4 cm³/mol. The number of likely N-dealkylation sites (N-methyl/N-ethyl adjacent to an activating group) is 1. The number of aliphatic imine (C=N–C) groups is 1. The molecule has 1 N–H and O–H groups in total. The Bertz CT molecular complexity index is 303. The second kappa shape index (κ2) is 4.72. The summed E-state index contributed by atoms with van der Waals surface area (Å²) in [5, 5.41) is 9.01. The van der Waals surface area contributed by atoms with Crippen molar-refractivity contribution >= 4 is 12.2 Å². The predicted octanol–water partition coefficient (Wildman–Crippen LogP) is 0.916. The average Bonchev–Trinajstić information content (AvgIpc) is 2.31. The van der Waals surface area contributed by atoms with Crippen LogP contribution in [0.15, 0.2) is 28.9 Å². The van der Waals surface area contributed by atoms with Gasteiger partial charge >= 0.3 is 5.97 Å². The summed E-state index contributed by atoms with van der Waals surface area (Å²) in [6, 6.07) is -0.672. The van der Waals surface area contributed by atoms with Gasteiger partial charge in [-0.1, -0.05) is 12.2 Å². The number of carbonyl (C=O) groups is 1. The van der Waals surface area contributed by atoms with Gasteiger partial charge in [0.1, 0.15) is 0 Å². The molecule has 0 saturated carbocycles. The molecule has 14 heavy (non-hydrogen) atoms. The van der Waals surface area contributed by atoms with Crippen LogP contribution in [-0.4, -0.2) is 42.3 Å². The van der Waals surface area contributed by atoms with Crippen LogP contribution >= 0.6 is 0 Å². The lowest BCUT2D eigenvalue weighted by Gasteiger charge is -2.19. The zero-order valence-corrected chi connectivity index (χ0v) is 8.34. The summed E-state index contributed by atoms with van der Waals surface area (Å²) in [4.78, 5) is 16.7. The van der Waals surface area contributed by atoms with Crippen molar-refractivity contribution in [3.05, 3.63) is 23.9 Å². The van der Waals surface area contributed by atoms with E-state index < -0.39 is 12.0 Å². The largest absolute Gasteiger partial charge is 0.480 e. The topological polar surface area (TPSA) is 52.9 Å². The quantitative estimate of drug-likeness (QED) is 0.726. The van der Waals surface area contributed by atoms with Crippen molar-refractivity contribution in [1.29, 1.82) is 0 Å². The molecule has 0 aromatic rings. The highest BCUT2D eigenvalue weighted by atomic mass is 16.4. The van der Waals surface area contributed by atoms with Crippen LogP contribution < -0.4 is 0 Å². The number of aliphatic carboxylic acids is 1. The maximum absolute atomic E-state index is 11.0. The molecule has 4 heteroatoms. The number of hydrogen-bond acceptors (Lipinski definition) is 3. The van der Waals surface area contributed by atoms with Gasteiger partial charge in [0.25, 0.3) is 0 Å². The van der Waals surface area contributed by atoms with Crippen molar-refractivity contribution in [3.8, 4) is 0 Å². The van der Waals surface area contributed by atoms with Crippen molar-refractivity contribution in [3.63, 3.8) is 0 Å². The third kappa shape index (κ3) is 2.53. The monoisotopic (exact) mass is 194 g/mol. The summed E-state index contributed by atoms with van der Waals surface area (Å²) in [6.45, 7) is 0. The van der Waals surface area contributed by atoms with Crippen LogP contribution in [-0.2, 0) is 4.79 Å². The van der Waals surface area contributed by atoms with E-state index in [0.29, 0.717) is 5.70 Å². The smallest absolute Gasteiger partial charge is 0.327 e. The number of carboxylic acid groups (broad SMARTS) is 1. The Morgan fingerprint density at radius 1 is 1.64 bits per heavy atom. The van der Waals surface area contributed by atoms with Gasteiger partial charge in [-0.3, -0.25) is 14.7 Å². The summed E-state index contributed by atoms with van der Waals surface area (Å²) >= 11 is 0. The summed E-state index contributed by atoms with van der Waals surface area (Å²) in [5.41, 5.74) is 0.566. The van der Waals surface area contributed by atoms with Gasteiger partial charge in [-0.2, -0.15) is 0 Å². The summed E-state index contributed by atoms with van der Waals surface area (Å²) < 4.78 is 0. The van der Waals surface area contributed by atoms with Crippen LogP contribution in [0.5, 0.6) is 0 Å². The highest BCUT2D eigenvalue weighted by Gasteiger charge is 2.23. The average molecular weight is 194 g/mol. The van der Waals surface area contributed by atoms with E-state index in [9.17, 15) is 4.79 Å². The van der Waals surface area contributed by atoms with Gasteiger partial charge in [-0.15, -0.1) is 0 Å². The molecule has 0 saturated heterocycles. The maximum atomic E-state index is 11.0. The number of allylic oxidation sites excluding steroid dienone is 3. The van der Waals surface area contributed by atoms with E-state index in [-0.39, 0.29) is 0 Å². The van der Waals surface area contributed by atoms with E-state index in [1.54, 1.807) is 31.3 Å². The molecular weight excluding hydrogens is 180 g/mol. The van der Waals surface area contributed by atoms with Crippen molar-refractivity contribution in [2.75, 3.05) is 14.1 Å². The molecule has 0 radical (unpaired) electrons. The number of hydrogen-bond donors (Lipinski definition) is 1. The lowest BCUT2D eigenvalue weighted by atomic mass is 10.2. The Morgan fingerprint density at radius 3 is 2.93 bits per heavy atom. The molecule has 1 aliphatic rings. The zero-order valence-electron chi connectivity index (χ0n) is 8.34. The van der Waals surface area contributed by atoms with Gasteiger partial charge in [0.15, 0.2) is 6.04 Å². The molecule has 0 aromatic carbocycles. The fourth-order valence-electron chi connectivity index (χ4n) is 1.28. The molecule has 1 unspecified atom stereocenters. The molecule has 76 valence electrons. The lowest BCUT2D eigenvalue weighted by Crippen LogP contribution is -2.36. The first-order chi connectivity index (χ1) is 6.63. The minimum Gasteiger partial charge on any atom is -0.480 e. The molecule has 0 spiro atoms. The van der Waals surface area contributed by atoms with E-state index in [1.165, 1.54) is 0 Å². The molecule has 1 heterocycles. The SMILES string of the molecule is CN(C)C(C(=O)O)C1=CC=CCC=N1. The molecule has 0 amide bonds. The minimum absolute atomic E-state index is 0.566.